The van der Waals surface area contributed by atoms with Crippen LogP contribution in [0.1, 0.15) is 28.5 Å². The second kappa shape index (κ2) is 6.12. The summed E-state index contributed by atoms with van der Waals surface area (Å²) >= 11 is 7.11. The number of methoxy groups -OCH3 is 1. The van der Waals surface area contributed by atoms with E-state index in [9.17, 15) is 4.79 Å². The van der Waals surface area contributed by atoms with Crippen LogP contribution in [0.4, 0.5) is 5.95 Å². The summed E-state index contributed by atoms with van der Waals surface area (Å²) in [6.07, 6.45) is 0. The van der Waals surface area contributed by atoms with Crippen LogP contribution in [-0.4, -0.2) is 28.0 Å². The van der Waals surface area contributed by atoms with Crippen LogP contribution >= 0.6 is 22.9 Å². The van der Waals surface area contributed by atoms with Crippen LogP contribution < -0.4 is 15.8 Å². The lowest BCUT2D eigenvalue weighted by molar-refractivity contribution is 0.102. The summed E-state index contributed by atoms with van der Waals surface area (Å²) < 4.78 is 4.94. The first-order valence-corrected chi connectivity index (χ1v) is 6.86. The molecule has 0 saturated heterocycles. The Morgan fingerprint density at radius 3 is 2.85 bits per heavy atom. The second-order valence-electron chi connectivity index (χ2n) is 3.87. The van der Waals surface area contributed by atoms with Gasteiger partial charge in [-0.15, -0.1) is 11.3 Å². The molecule has 2 aromatic heterocycles. The van der Waals surface area contributed by atoms with Crippen molar-refractivity contribution in [2.45, 2.75) is 13.0 Å². The number of nitrogens with zero attached hydrogens (tertiary/aromatic N) is 3. The van der Waals surface area contributed by atoms with E-state index in [1.165, 1.54) is 24.5 Å². The Morgan fingerprint density at radius 1 is 1.50 bits per heavy atom. The summed E-state index contributed by atoms with van der Waals surface area (Å²) in [4.78, 5) is 24.0. The number of hydrogen-bond donors (Lipinski definition) is 2. The van der Waals surface area contributed by atoms with Crippen molar-refractivity contribution in [2.75, 3.05) is 12.4 Å². The molecule has 2 heterocycles. The molecule has 0 aromatic carbocycles. The molecule has 2 aromatic rings. The van der Waals surface area contributed by atoms with E-state index in [0.29, 0.717) is 5.01 Å². The SMILES string of the molecule is COc1cc(Cl)nc(NC(=O)c2csc(C(C)N)n2)n1. The summed E-state index contributed by atoms with van der Waals surface area (Å²) in [7, 11) is 1.44. The van der Waals surface area contributed by atoms with E-state index in [1.54, 1.807) is 12.3 Å². The summed E-state index contributed by atoms with van der Waals surface area (Å²) in [5.41, 5.74) is 5.95. The highest BCUT2D eigenvalue weighted by molar-refractivity contribution is 7.09. The normalized spacial score (nSPS) is 12.0. The van der Waals surface area contributed by atoms with Gasteiger partial charge in [-0.05, 0) is 6.92 Å². The number of rotatable bonds is 4. The van der Waals surface area contributed by atoms with Crippen LogP contribution in [0.5, 0.6) is 5.88 Å². The molecule has 2 rings (SSSR count). The zero-order valence-electron chi connectivity index (χ0n) is 10.8. The standard InChI is InChI=1S/C11H12ClN5O2S/c1-5(13)10-14-6(4-20-10)9(18)17-11-15-7(12)3-8(16-11)19-2/h3-5H,13H2,1-2H3,(H,15,16,17,18). The van der Waals surface area contributed by atoms with E-state index in [0.717, 1.165) is 0 Å². The van der Waals surface area contributed by atoms with E-state index in [-0.39, 0.29) is 28.7 Å². The quantitative estimate of drug-likeness (QED) is 0.835. The molecule has 1 amide bonds. The molecule has 0 spiro atoms. The Morgan fingerprint density at radius 2 is 2.25 bits per heavy atom. The fourth-order valence-corrected chi connectivity index (χ4v) is 2.26. The highest BCUT2D eigenvalue weighted by atomic mass is 35.5. The third kappa shape index (κ3) is 3.41. The van der Waals surface area contributed by atoms with E-state index < -0.39 is 5.91 Å². The van der Waals surface area contributed by atoms with Crippen LogP contribution in [0.3, 0.4) is 0 Å². The Labute approximate surface area is 124 Å². The molecule has 0 radical (unpaired) electrons. The van der Waals surface area contributed by atoms with Gasteiger partial charge in [0.15, 0.2) is 0 Å². The maximum Gasteiger partial charge on any atom is 0.277 e. The van der Waals surface area contributed by atoms with Crippen molar-refractivity contribution in [1.82, 2.24) is 15.0 Å². The largest absolute Gasteiger partial charge is 0.481 e. The first-order chi connectivity index (χ1) is 9.49. The zero-order chi connectivity index (χ0) is 14.7. The maximum absolute atomic E-state index is 12.0. The smallest absolute Gasteiger partial charge is 0.277 e. The molecule has 9 heteroatoms. The van der Waals surface area contributed by atoms with Crippen molar-refractivity contribution in [3.8, 4) is 5.88 Å². The maximum atomic E-state index is 12.0. The molecule has 0 fully saturated rings. The predicted molar refractivity (Wildman–Crippen MR) is 76.3 cm³/mol. The Hall–Kier alpha value is -1.77. The molecule has 106 valence electrons. The number of nitrogens with one attached hydrogen (secondary N) is 1. The van der Waals surface area contributed by atoms with Crippen molar-refractivity contribution >= 4 is 34.8 Å². The number of halogens is 1. The highest BCUT2D eigenvalue weighted by Crippen LogP contribution is 2.18. The molecule has 0 aliphatic rings. The number of amides is 1. The van der Waals surface area contributed by atoms with Gasteiger partial charge in [-0.2, -0.15) is 4.98 Å². The number of carbonyl (C=O) groups excluding carboxylic acids is 1. The second-order valence-corrected chi connectivity index (χ2v) is 5.15. The number of thiazole rings is 1. The van der Waals surface area contributed by atoms with E-state index in [2.05, 4.69) is 20.3 Å². The van der Waals surface area contributed by atoms with Gasteiger partial charge in [0.25, 0.3) is 5.91 Å². The first-order valence-electron chi connectivity index (χ1n) is 5.60. The molecule has 0 aliphatic heterocycles. The van der Waals surface area contributed by atoms with Crippen molar-refractivity contribution in [3.63, 3.8) is 0 Å². The average Bonchev–Trinajstić information content (AvgIpc) is 2.87. The third-order valence-corrected chi connectivity index (χ3v) is 3.49. The minimum absolute atomic E-state index is 0.0506. The molecular weight excluding hydrogens is 302 g/mol. The number of carbonyl (C=O) groups is 1. The summed E-state index contributed by atoms with van der Waals surface area (Å²) in [5, 5.41) is 4.97. The Balaban J connectivity index is 2.16. The molecule has 0 aliphatic carbocycles. The van der Waals surface area contributed by atoms with Gasteiger partial charge >= 0.3 is 0 Å². The Kier molecular flexibility index (Phi) is 4.48. The van der Waals surface area contributed by atoms with Crippen LogP contribution in [0.25, 0.3) is 0 Å². The molecule has 7 nitrogen and oxygen atoms in total. The lowest BCUT2D eigenvalue weighted by atomic mass is 10.4. The van der Waals surface area contributed by atoms with Crippen LogP contribution in [0, 0.1) is 0 Å². The van der Waals surface area contributed by atoms with E-state index in [4.69, 9.17) is 22.1 Å². The van der Waals surface area contributed by atoms with Gasteiger partial charge < -0.3 is 10.5 Å². The topological polar surface area (TPSA) is 103 Å². The van der Waals surface area contributed by atoms with Crippen molar-refractivity contribution in [3.05, 3.63) is 27.3 Å². The van der Waals surface area contributed by atoms with Crippen LogP contribution in [0.15, 0.2) is 11.4 Å². The lowest BCUT2D eigenvalue weighted by Gasteiger charge is -2.04. The van der Waals surface area contributed by atoms with Gasteiger partial charge in [-0.3, -0.25) is 10.1 Å². The minimum Gasteiger partial charge on any atom is -0.481 e. The number of hydrogen-bond acceptors (Lipinski definition) is 7. The summed E-state index contributed by atoms with van der Waals surface area (Å²) in [6.45, 7) is 1.80. The van der Waals surface area contributed by atoms with Crippen LogP contribution in [-0.2, 0) is 0 Å². The number of aromatic nitrogens is 3. The average molecular weight is 314 g/mol. The molecular formula is C11H12ClN5O2S. The lowest BCUT2D eigenvalue weighted by Crippen LogP contribution is -2.15. The van der Waals surface area contributed by atoms with Crippen molar-refractivity contribution < 1.29 is 9.53 Å². The molecule has 20 heavy (non-hydrogen) atoms. The van der Waals surface area contributed by atoms with Gasteiger partial charge in [0.2, 0.25) is 11.8 Å². The van der Waals surface area contributed by atoms with Gasteiger partial charge in [0.05, 0.1) is 13.2 Å². The van der Waals surface area contributed by atoms with Crippen LogP contribution in [0.2, 0.25) is 5.15 Å². The van der Waals surface area contributed by atoms with Crippen molar-refractivity contribution in [1.29, 1.82) is 0 Å². The van der Waals surface area contributed by atoms with E-state index >= 15 is 0 Å². The molecule has 0 bridgehead atoms. The monoisotopic (exact) mass is 313 g/mol. The Bertz CT molecular complexity index is 631. The van der Waals surface area contributed by atoms with Gasteiger partial charge in [-0.1, -0.05) is 11.6 Å². The molecule has 0 saturated carbocycles. The fourth-order valence-electron chi connectivity index (χ4n) is 1.32. The molecule has 1 atom stereocenters. The van der Waals surface area contributed by atoms with Crippen molar-refractivity contribution in [2.24, 2.45) is 5.73 Å². The zero-order valence-corrected chi connectivity index (χ0v) is 12.3. The fraction of sp³-hybridized carbons (Fsp3) is 0.273. The highest BCUT2D eigenvalue weighted by Gasteiger charge is 2.14. The predicted octanol–water partition coefficient (Wildman–Crippen LogP) is 1.87. The number of ether oxygens (including phenoxy) is 1. The third-order valence-electron chi connectivity index (χ3n) is 2.25. The number of nitrogens with two attached hydrogens (primary N) is 1. The summed E-state index contributed by atoms with van der Waals surface area (Å²) in [5.74, 6) is -0.123. The molecule has 3 N–H and O–H groups in total. The van der Waals surface area contributed by atoms with Gasteiger partial charge in [0.1, 0.15) is 15.9 Å². The summed E-state index contributed by atoms with van der Waals surface area (Å²) in [6, 6.07) is 1.22. The molecule has 1 unspecified atom stereocenters. The first kappa shape index (κ1) is 14.6. The number of anilines is 1. The van der Waals surface area contributed by atoms with Gasteiger partial charge in [-0.25, -0.2) is 9.97 Å². The van der Waals surface area contributed by atoms with E-state index in [1.807, 2.05) is 0 Å². The minimum atomic E-state index is -0.433. The van der Waals surface area contributed by atoms with Gasteiger partial charge in [0, 0.05) is 11.4 Å².